The standard InChI is InChI=1S/C18H25ClO/c1-12(2)14-7-6-13(3)10-15(14)20-17-11-16(19)18(17)8-4-5-9-18/h6-7,10,12,16-17H,4-5,8-9,11H2,1-3H3. The lowest BCUT2D eigenvalue weighted by atomic mass is 9.64. The van der Waals surface area contributed by atoms with Gasteiger partial charge < -0.3 is 4.74 Å². The lowest BCUT2D eigenvalue weighted by Gasteiger charge is -2.51. The Balaban J connectivity index is 1.83. The molecule has 0 aliphatic heterocycles. The summed E-state index contributed by atoms with van der Waals surface area (Å²) in [5.74, 6) is 1.58. The second kappa shape index (κ2) is 5.26. The maximum Gasteiger partial charge on any atom is 0.123 e. The molecule has 20 heavy (non-hydrogen) atoms. The van der Waals surface area contributed by atoms with Crippen LogP contribution in [0.1, 0.15) is 63.0 Å². The summed E-state index contributed by atoms with van der Waals surface area (Å²) in [6.45, 7) is 6.59. The maximum absolute atomic E-state index is 6.53. The average Bonchev–Trinajstić information content (AvgIpc) is 2.90. The van der Waals surface area contributed by atoms with Crippen LogP contribution >= 0.6 is 11.6 Å². The fraction of sp³-hybridized carbons (Fsp3) is 0.667. The van der Waals surface area contributed by atoms with Crippen molar-refractivity contribution in [1.82, 2.24) is 0 Å². The SMILES string of the molecule is Cc1ccc(C(C)C)c(OC2CC(Cl)C23CCCC3)c1. The van der Waals surface area contributed by atoms with Crippen LogP contribution in [0.2, 0.25) is 0 Å². The molecule has 0 N–H and O–H groups in total. The van der Waals surface area contributed by atoms with Crippen LogP contribution in [0.4, 0.5) is 0 Å². The fourth-order valence-electron chi connectivity index (χ4n) is 3.91. The van der Waals surface area contributed by atoms with Crippen LogP contribution in [0.15, 0.2) is 18.2 Å². The highest BCUT2D eigenvalue weighted by Crippen LogP contribution is 2.57. The van der Waals surface area contributed by atoms with Crippen molar-refractivity contribution in [3.8, 4) is 5.75 Å². The molecule has 0 saturated heterocycles. The zero-order valence-electron chi connectivity index (χ0n) is 12.8. The predicted octanol–water partition coefficient (Wildman–Crippen LogP) is 5.44. The van der Waals surface area contributed by atoms with E-state index in [9.17, 15) is 0 Å². The van der Waals surface area contributed by atoms with Gasteiger partial charge in [0.2, 0.25) is 0 Å². The Hall–Kier alpha value is -0.690. The van der Waals surface area contributed by atoms with Gasteiger partial charge in [0.25, 0.3) is 0 Å². The van der Waals surface area contributed by atoms with Gasteiger partial charge >= 0.3 is 0 Å². The Morgan fingerprint density at radius 1 is 1.25 bits per heavy atom. The quantitative estimate of drug-likeness (QED) is 0.674. The van der Waals surface area contributed by atoms with Gasteiger partial charge in [-0.1, -0.05) is 38.8 Å². The van der Waals surface area contributed by atoms with Gasteiger partial charge in [-0.3, -0.25) is 0 Å². The monoisotopic (exact) mass is 292 g/mol. The van der Waals surface area contributed by atoms with E-state index in [1.54, 1.807) is 0 Å². The van der Waals surface area contributed by atoms with Crippen LogP contribution < -0.4 is 4.74 Å². The van der Waals surface area contributed by atoms with E-state index in [0.717, 1.165) is 12.2 Å². The number of hydrogen-bond acceptors (Lipinski definition) is 1. The Morgan fingerprint density at radius 2 is 1.95 bits per heavy atom. The van der Waals surface area contributed by atoms with Gasteiger partial charge in [0.1, 0.15) is 11.9 Å². The van der Waals surface area contributed by atoms with E-state index in [0.29, 0.717) is 17.4 Å². The number of benzene rings is 1. The Morgan fingerprint density at radius 3 is 2.55 bits per heavy atom. The third kappa shape index (κ3) is 2.24. The van der Waals surface area contributed by atoms with Gasteiger partial charge in [0.15, 0.2) is 0 Å². The Bertz CT molecular complexity index is 488. The molecule has 2 aliphatic rings. The molecule has 1 spiro atoms. The first-order valence-corrected chi connectivity index (χ1v) is 8.38. The minimum Gasteiger partial charge on any atom is -0.489 e. The van der Waals surface area contributed by atoms with Crippen molar-refractivity contribution in [2.45, 2.75) is 70.3 Å². The smallest absolute Gasteiger partial charge is 0.123 e. The van der Waals surface area contributed by atoms with Gasteiger partial charge in [-0.2, -0.15) is 0 Å². The molecule has 0 heterocycles. The number of rotatable bonds is 3. The molecular weight excluding hydrogens is 268 g/mol. The normalized spacial score (nSPS) is 27.9. The number of hydrogen-bond donors (Lipinski definition) is 0. The van der Waals surface area contributed by atoms with Crippen molar-refractivity contribution >= 4 is 11.6 Å². The van der Waals surface area contributed by atoms with Crippen LogP contribution in [0, 0.1) is 12.3 Å². The number of halogens is 1. The van der Waals surface area contributed by atoms with Crippen molar-refractivity contribution in [1.29, 1.82) is 0 Å². The molecule has 2 unspecified atom stereocenters. The van der Waals surface area contributed by atoms with Crippen LogP contribution in [0.25, 0.3) is 0 Å². The van der Waals surface area contributed by atoms with Gasteiger partial charge in [-0.15, -0.1) is 11.6 Å². The van der Waals surface area contributed by atoms with Crippen molar-refractivity contribution in [3.05, 3.63) is 29.3 Å². The first-order valence-electron chi connectivity index (χ1n) is 7.94. The van der Waals surface area contributed by atoms with E-state index in [4.69, 9.17) is 16.3 Å². The summed E-state index contributed by atoms with van der Waals surface area (Å²) in [7, 11) is 0. The lowest BCUT2D eigenvalue weighted by Crippen LogP contribution is -2.55. The van der Waals surface area contributed by atoms with Crippen LogP contribution in [0.5, 0.6) is 5.75 Å². The minimum absolute atomic E-state index is 0.263. The fourth-order valence-corrected chi connectivity index (χ4v) is 4.43. The summed E-state index contributed by atoms with van der Waals surface area (Å²) < 4.78 is 6.45. The summed E-state index contributed by atoms with van der Waals surface area (Å²) in [6, 6.07) is 6.59. The number of aryl methyl sites for hydroxylation is 1. The highest BCUT2D eigenvalue weighted by molar-refractivity contribution is 6.21. The topological polar surface area (TPSA) is 9.23 Å². The summed E-state index contributed by atoms with van der Waals surface area (Å²) in [5, 5.41) is 0.322. The van der Waals surface area contributed by atoms with E-state index in [-0.39, 0.29) is 5.41 Å². The molecule has 1 nitrogen and oxygen atoms in total. The molecule has 0 bridgehead atoms. The molecule has 2 fully saturated rings. The molecule has 2 heteroatoms. The zero-order valence-corrected chi connectivity index (χ0v) is 13.5. The molecule has 0 aromatic heterocycles. The van der Waals surface area contributed by atoms with Crippen molar-refractivity contribution in [2.75, 3.05) is 0 Å². The van der Waals surface area contributed by atoms with E-state index >= 15 is 0 Å². The molecule has 1 aromatic carbocycles. The molecular formula is C18H25ClO. The highest BCUT2D eigenvalue weighted by Gasteiger charge is 2.57. The number of ether oxygens (including phenoxy) is 1. The van der Waals surface area contributed by atoms with Gasteiger partial charge in [0.05, 0.1) is 0 Å². The molecule has 1 aromatic rings. The zero-order chi connectivity index (χ0) is 14.3. The second-order valence-electron chi connectivity index (χ2n) is 6.95. The van der Waals surface area contributed by atoms with E-state index in [2.05, 4.69) is 39.0 Å². The maximum atomic E-state index is 6.53. The average molecular weight is 293 g/mol. The molecule has 0 radical (unpaired) electrons. The molecule has 3 rings (SSSR count). The van der Waals surface area contributed by atoms with Gasteiger partial charge in [-0.05, 0) is 42.9 Å². The van der Waals surface area contributed by atoms with Crippen LogP contribution in [-0.2, 0) is 0 Å². The van der Waals surface area contributed by atoms with Crippen LogP contribution in [0.3, 0.4) is 0 Å². The van der Waals surface area contributed by atoms with Crippen molar-refractivity contribution < 1.29 is 4.74 Å². The third-order valence-electron chi connectivity index (χ3n) is 5.28. The minimum atomic E-state index is 0.263. The highest BCUT2D eigenvalue weighted by atomic mass is 35.5. The third-order valence-corrected chi connectivity index (χ3v) is 5.89. The molecule has 110 valence electrons. The molecule has 2 saturated carbocycles. The predicted molar refractivity (Wildman–Crippen MR) is 84.8 cm³/mol. The van der Waals surface area contributed by atoms with Crippen LogP contribution in [-0.4, -0.2) is 11.5 Å². The molecule has 0 amide bonds. The van der Waals surface area contributed by atoms with Gasteiger partial charge in [0, 0.05) is 17.2 Å². The van der Waals surface area contributed by atoms with Gasteiger partial charge in [-0.25, -0.2) is 0 Å². The van der Waals surface area contributed by atoms with Crippen molar-refractivity contribution in [3.63, 3.8) is 0 Å². The summed E-state index contributed by atoms with van der Waals surface area (Å²) in [5.41, 5.74) is 2.85. The Kier molecular flexibility index (Phi) is 3.75. The number of alkyl halides is 1. The first kappa shape index (κ1) is 14.3. The summed E-state index contributed by atoms with van der Waals surface area (Å²) in [6.07, 6.45) is 6.45. The Labute approximate surface area is 127 Å². The summed E-state index contributed by atoms with van der Waals surface area (Å²) >= 11 is 6.53. The van der Waals surface area contributed by atoms with Crippen molar-refractivity contribution in [2.24, 2.45) is 5.41 Å². The summed E-state index contributed by atoms with van der Waals surface area (Å²) in [4.78, 5) is 0. The van der Waals surface area contributed by atoms with E-state index in [1.807, 2.05) is 0 Å². The molecule has 2 aliphatic carbocycles. The first-order chi connectivity index (χ1) is 9.53. The second-order valence-corrected chi connectivity index (χ2v) is 7.47. The molecule has 2 atom stereocenters. The van der Waals surface area contributed by atoms with E-state index < -0.39 is 0 Å². The lowest BCUT2D eigenvalue weighted by molar-refractivity contribution is -0.0361. The largest absolute Gasteiger partial charge is 0.489 e. The van der Waals surface area contributed by atoms with E-state index in [1.165, 1.54) is 36.8 Å².